The van der Waals surface area contributed by atoms with Gasteiger partial charge >= 0.3 is 6.18 Å². The molecule has 1 fully saturated rings. The first-order valence-electron chi connectivity index (χ1n) is 6.22. The second-order valence-corrected chi connectivity index (χ2v) is 4.68. The Morgan fingerprint density at radius 2 is 2.10 bits per heavy atom. The number of rotatable bonds is 3. The van der Waals surface area contributed by atoms with Crippen LogP contribution in [-0.2, 0) is 10.9 Å². The van der Waals surface area contributed by atoms with E-state index in [2.05, 4.69) is 5.32 Å². The SMILES string of the molecule is CC1CNCC(COc2ccc(C(F)(F)F)cc2F)O1. The molecule has 0 saturated carbocycles. The van der Waals surface area contributed by atoms with Gasteiger partial charge in [-0.1, -0.05) is 0 Å². The molecule has 0 amide bonds. The summed E-state index contributed by atoms with van der Waals surface area (Å²) in [5.41, 5.74) is -1.04. The molecule has 3 nitrogen and oxygen atoms in total. The highest BCUT2D eigenvalue weighted by Gasteiger charge is 2.31. The van der Waals surface area contributed by atoms with Crippen molar-refractivity contribution in [1.82, 2.24) is 5.32 Å². The molecule has 0 bridgehead atoms. The minimum Gasteiger partial charge on any atom is -0.488 e. The summed E-state index contributed by atoms with van der Waals surface area (Å²) in [5.74, 6) is -1.24. The molecular formula is C13H15F4NO2. The van der Waals surface area contributed by atoms with Gasteiger partial charge in [0, 0.05) is 13.1 Å². The van der Waals surface area contributed by atoms with Crippen LogP contribution < -0.4 is 10.1 Å². The second-order valence-electron chi connectivity index (χ2n) is 4.68. The van der Waals surface area contributed by atoms with Gasteiger partial charge in [0.1, 0.15) is 12.7 Å². The van der Waals surface area contributed by atoms with E-state index in [1.54, 1.807) is 0 Å². The molecule has 20 heavy (non-hydrogen) atoms. The Hall–Kier alpha value is -1.34. The van der Waals surface area contributed by atoms with Crippen LogP contribution in [-0.4, -0.2) is 31.9 Å². The van der Waals surface area contributed by atoms with Gasteiger partial charge in [0.25, 0.3) is 0 Å². The third-order valence-electron chi connectivity index (χ3n) is 2.91. The Morgan fingerprint density at radius 3 is 2.70 bits per heavy atom. The normalized spacial score (nSPS) is 23.6. The molecule has 2 rings (SSSR count). The third kappa shape index (κ3) is 3.83. The van der Waals surface area contributed by atoms with Gasteiger partial charge in [-0.3, -0.25) is 0 Å². The van der Waals surface area contributed by atoms with Gasteiger partial charge in [-0.15, -0.1) is 0 Å². The van der Waals surface area contributed by atoms with Crippen LogP contribution >= 0.6 is 0 Å². The number of morpholine rings is 1. The molecule has 112 valence electrons. The molecule has 0 aromatic heterocycles. The Bertz CT molecular complexity index is 464. The molecule has 0 radical (unpaired) electrons. The van der Waals surface area contributed by atoms with Crippen LogP contribution in [0.1, 0.15) is 12.5 Å². The summed E-state index contributed by atoms with van der Waals surface area (Å²) < 4.78 is 61.4. The van der Waals surface area contributed by atoms with E-state index >= 15 is 0 Å². The van der Waals surface area contributed by atoms with Crippen molar-refractivity contribution in [3.05, 3.63) is 29.6 Å². The van der Waals surface area contributed by atoms with E-state index in [9.17, 15) is 17.6 Å². The van der Waals surface area contributed by atoms with Crippen molar-refractivity contribution >= 4 is 0 Å². The molecular weight excluding hydrogens is 278 g/mol. The number of alkyl halides is 3. The van der Waals surface area contributed by atoms with Crippen LogP contribution in [0.3, 0.4) is 0 Å². The standard InChI is InChI=1S/C13H15F4NO2/c1-8-5-18-6-10(20-8)7-19-12-3-2-9(4-11(12)14)13(15,16)17/h2-4,8,10,18H,5-7H2,1H3. The van der Waals surface area contributed by atoms with E-state index in [-0.39, 0.29) is 24.6 Å². The smallest absolute Gasteiger partial charge is 0.416 e. The van der Waals surface area contributed by atoms with Crippen LogP contribution in [0.2, 0.25) is 0 Å². The number of ether oxygens (including phenoxy) is 2. The van der Waals surface area contributed by atoms with Crippen LogP contribution in [0.15, 0.2) is 18.2 Å². The highest BCUT2D eigenvalue weighted by atomic mass is 19.4. The first kappa shape index (κ1) is 15.1. The summed E-state index contributed by atoms with van der Waals surface area (Å²) in [6, 6.07) is 2.21. The van der Waals surface area contributed by atoms with Gasteiger partial charge in [-0.2, -0.15) is 13.2 Å². The molecule has 1 aliphatic rings. The lowest BCUT2D eigenvalue weighted by Crippen LogP contribution is -2.45. The number of hydrogen-bond acceptors (Lipinski definition) is 3. The topological polar surface area (TPSA) is 30.5 Å². The lowest BCUT2D eigenvalue weighted by molar-refractivity contribution is -0.137. The van der Waals surface area contributed by atoms with Crippen LogP contribution in [0.4, 0.5) is 17.6 Å². The molecule has 1 N–H and O–H groups in total. The lowest BCUT2D eigenvalue weighted by atomic mass is 10.2. The van der Waals surface area contributed by atoms with Gasteiger partial charge in [0.2, 0.25) is 0 Å². The van der Waals surface area contributed by atoms with Crippen molar-refractivity contribution in [1.29, 1.82) is 0 Å². The summed E-state index contributed by atoms with van der Waals surface area (Å²) in [4.78, 5) is 0. The Kier molecular flexibility index (Phi) is 4.49. The lowest BCUT2D eigenvalue weighted by Gasteiger charge is -2.28. The monoisotopic (exact) mass is 293 g/mol. The zero-order chi connectivity index (χ0) is 14.8. The van der Waals surface area contributed by atoms with Crippen LogP contribution in [0.25, 0.3) is 0 Å². The average Bonchev–Trinajstić information content (AvgIpc) is 2.36. The van der Waals surface area contributed by atoms with Crippen molar-refractivity contribution in [3.8, 4) is 5.75 Å². The zero-order valence-corrected chi connectivity index (χ0v) is 10.8. The summed E-state index contributed by atoms with van der Waals surface area (Å²) >= 11 is 0. The summed E-state index contributed by atoms with van der Waals surface area (Å²) in [6.45, 7) is 3.26. The van der Waals surface area contributed by atoms with Gasteiger partial charge in [0.05, 0.1) is 11.7 Å². The predicted molar refractivity (Wildman–Crippen MR) is 64.1 cm³/mol. The van der Waals surface area contributed by atoms with Crippen LogP contribution in [0, 0.1) is 5.82 Å². The highest BCUT2D eigenvalue weighted by Crippen LogP contribution is 2.31. The maximum absolute atomic E-state index is 13.5. The van der Waals surface area contributed by atoms with Gasteiger partial charge in [-0.05, 0) is 25.1 Å². The van der Waals surface area contributed by atoms with Gasteiger partial charge in [-0.25, -0.2) is 4.39 Å². The summed E-state index contributed by atoms with van der Waals surface area (Å²) in [7, 11) is 0. The predicted octanol–water partition coefficient (Wildman–Crippen LogP) is 2.60. The van der Waals surface area contributed by atoms with E-state index in [0.717, 1.165) is 18.7 Å². The zero-order valence-electron chi connectivity index (χ0n) is 10.8. The van der Waals surface area contributed by atoms with Crippen molar-refractivity contribution in [3.63, 3.8) is 0 Å². The first-order chi connectivity index (χ1) is 9.36. The minimum absolute atomic E-state index is 0.0230. The minimum atomic E-state index is -4.56. The largest absolute Gasteiger partial charge is 0.488 e. The van der Waals surface area contributed by atoms with Crippen molar-refractivity contribution in [2.24, 2.45) is 0 Å². The molecule has 1 aliphatic heterocycles. The highest BCUT2D eigenvalue weighted by molar-refractivity contribution is 5.30. The van der Waals surface area contributed by atoms with E-state index in [4.69, 9.17) is 9.47 Å². The Labute approximate surface area is 113 Å². The fourth-order valence-electron chi connectivity index (χ4n) is 1.95. The summed E-state index contributed by atoms with van der Waals surface area (Å²) in [5, 5.41) is 3.12. The molecule has 1 heterocycles. The molecule has 1 aromatic rings. The van der Waals surface area contributed by atoms with Crippen molar-refractivity contribution in [2.45, 2.75) is 25.3 Å². The Morgan fingerprint density at radius 1 is 1.35 bits per heavy atom. The molecule has 7 heteroatoms. The average molecular weight is 293 g/mol. The van der Waals surface area contributed by atoms with E-state index in [1.807, 2.05) is 6.92 Å². The molecule has 1 aromatic carbocycles. The second kappa shape index (κ2) is 5.97. The van der Waals surface area contributed by atoms with Crippen molar-refractivity contribution < 1.29 is 27.0 Å². The number of nitrogens with one attached hydrogen (secondary N) is 1. The summed E-state index contributed by atoms with van der Waals surface area (Å²) in [6.07, 6.45) is -4.79. The molecule has 2 atom stereocenters. The van der Waals surface area contributed by atoms with Crippen molar-refractivity contribution in [2.75, 3.05) is 19.7 Å². The molecule has 1 saturated heterocycles. The maximum Gasteiger partial charge on any atom is 0.416 e. The number of benzene rings is 1. The van der Waals surface area contributed by atoms with E-state index in [1.165, 1.54) is 0 Å². The third-order valence-corrected chi connectivity index (χ3v) is 2.91. The number of halogens is 4. The fraction of sp³-hybridized carbons (Fsp3) is 0.538. The van der Waals surface area contributed by atoms with E-state index < -0.39 is 17.6 Å². The maximum atomic E-state index is 13.5. The molecule has 0 spiro atoms. The van der Waals surface area contributed by atoms with Crippen LogP contribution in [0.5, 0.6) is 5.75 Å². The molecule has 0 aliphatic carbocycles. The van der Waals surface area contributed by atoms with Gasteiger partial charge < -0.3 is 14.8 Å². The fourth-order valence-corrected chi connectivity index (χ4v) is 1.95. The number of hydrogen-bond donors (Lipinski definition) is 1. The molecule has 2 unspecified atom stereocenters. The Balaban J connectivity index is 1.96. The van der Waals surface area contributed by atoms with E-state index in [0.29, 0.717) is 12.6 Å². The first-order valence-corrected chi connectivity index (χ1v) is 6.22. The quantitative estimate of drug-likeness (QED) is 0.869. The van der Waals surface area contributed by atoms with Gasteiger partial charge in [0.15, 0.2) is 11.6 Å².